The number of hydrogen-bond donors (Lipinski definition) is 2. The molecule has 0 bridgehead atoms. The van der Waals surface area contributed by atoms with Crippen LogP contribution in [-0.4, -0.2) is 34.7 Å². The summed E-state index contributed by atoms with van der Waals surface area (Å²) in [7, 11) is 0. The van der Waals surface area contributed by atoms with Crippen molar-refractivity contribution < 1.29 is 0 Å². The normalized spacial score (nSPS) is 20.5. The summed E-state index contributed by atoms with van der Waals surface area (Å²) in [6, 6.07) is 10.0. The van der Waals surface area contributed by atoms with Crippen LogP contribution in [0.15, 0.2) is 30.3 Å². The van der Waals surface area contributed by atoms with Gasteiger partial charge in [-0.3, -0.25) is 0 Å². The number of anilines is 2. The number of thiocarbonyl (C=S) groups is 1. The van der Waals surface area contributed by atoms with Crippen molar-refractivity contribution in [2.75, 3.05) is 29.9 Å². The van der Waals surface area contributed by atoms with E-state index in [0.717, 1.165) is 49.7 Å². The number of rotatable bonds is 5. The second-order valence-corrected chi connectivity index (χ2v) is 10.1. The first-order valence-corrected chi connectivity index (χ1v) is 12.2. The van der Waals surface area contributed by atoms with Crippen molar-refractivity contribution in [2.45, 2.75) is 50.9 Å². The summed E-state index contributed by atoms with van der Waals surface area (Å²) in [6.45, 7) is 5.01. The summed E-state index contributed by atoms with van der Waals surface area (Å²) in [6.07, 6.45) is 7.13. The summed E-state index contributed by atoms with van der Waals surface area (Å²) >= 11 is 18.0. The van der Waals surface area contributed by atoms with Crippen LogP contribution in [0.1, 0.15) is 51.0 Å². The lowest BCUT2D eigenvalue weighted by Gasteiger charge is -2.32. The second-order valence-electron chi connectivity index (χ2n) is 8.87. The molecule has 1 aromatic heterocycles. The first-order chi connectivity index (χ1) is 14.9. The minimum Gasteiger partial charge on any atom is -0.361 e. The van der Waals surface area contributed by atoms with Gasteiger partial charge in [-0.05, 0) is 61.5 Å². The maximum atomic E-state index is 6.29. The summed E-state index contributed by atoms with van der Waals surface area (Å²) in [4.78, 5) is 11.3. The molecule has 31 heavy (non-hydrogen) atoms. The number of nitrogens with one attached hydrogen (secondary N) is 2. The van der Waals surface area contributed by atoms with Gasteiger partial charge in [-0.2, -0.15) is 4.98 Å². The predicted molar refractivity (Wildman–Crippen MR) is 133 cm³/mol. The lowest BCUT2D eigenvalue weighted by molar-refractivity contribution is 0.435. The van der Waals surface area contributed by atoms with Crippen molar-refractivity contribution >= 4 is 52.3 Å². The minimum atomic E-state index is 0.0701. The lowest BCUT2D eigenvalue weighted by atomic mass is 9.79. The molecular formula is C23H29Cl2N5S. The number of piperidine rings is 1. The molecule has 1 saturated carbocycles. The smallest absolute Gasteiger partial charge is 0.232 e. The average Bonchev–Trinajstić information content (AvgIpc) is 3.22. The van der Waals surface area contributed by atoms with Crippen LogP contribution in [0.4, 0.5) is 11.8 Å². The highest BCUT2D eigenvalue weighted by atomic mass is 35.5. The zero-order valence-corrected chi connectivity index (χ0v) is 20.2. The maximum Gasteiger partial charge on any atom is 0.232 e. The Morgan fingerprint density at radius 3 is 2.61 bits per heavy atom. The number of halogens is 2. The van der Waals surface area contributed by atoms with E-state index in [4.69, 9.17) is 35.4 Å². The third kappa shape index (κ3) is 5.60. The highest BCUT2D eigenvalue weighted by Crippen LogP contribution is 2.41. The van der Waals surface area contributed by atoms with E-state index in [1.165, 1.54) is 24.8 Å². The van der Waals surface area contributed by atoms with Crippen molar-refractivity contribution in [3.05, 3.63) is 46.1 Å². The fraction of sp³-hybridized carbons (Fsp3) is 0.522. The van der Waals surface area contributed by atoms with Crippen LogP contribution in [-0.2, 0) is 5.41 Å². The maximum absolute atomic E-state index is 6.29. The summed E-state index contributed by atoms with van der Waals surface area (Å²) in [5, 5.41) is 8.24. The Morgan fingerprint density at radius 2 is 1.90 bits per heavy atom. The van der Waals surface area contributed by atoms with Gasteiger partial charge in [0.2, 0.25) is 5.95 Å². The Kier molecular flexibility index (Phi) is 7.19. The number of nitrogens with zero attached hydrogens (tertiary/aromatic N) is 3. The Bertz CT molecular complexity index is 915. The molecule has 1 aliphatic heterocycles. The van der Waals surface area contributed by atoms with Crippen molar-refractivity contribution in [3.63, 3.8) is 0 Å². The van der Waals surface area contributed by atoms with Gasteiger partial charge in [0.25, 0.3) is 0 Å². The average molecular weight is 478 g/mol. The van der Waals surface area contributed by atoms with Crippen LogP contribution in [0.25, 0.3) is 0 Å². The van der Waals surface area contributed by atoms with Gasteiger partial charge in [0.1, 0.15) is 11.0 Å². The molecule has 5 nitrogen and oxygen atoms in total. The second kappa shape index (κ2) is 9.88. The molecule has 2 aromatic rings. The lowest BCUT2D eigenvalue weighted by Crippen LogP contribution is -2.41. The van der Waals surface area contributed by atoms with E-state index < -0.39 is 0 Å². The highest BCUT2D eigenvalue weighted by molar-refractivity contribution is 7.80. The van der Waals surface area contributed by atoms with E-state index in [9.17, 15) is 0 Å². The van der Waals surface area contributed by atoms with E-state index in [1.807, 2.05) is 18.2 Å². The van der Waals surface area contributed by atoms with Gasteiger partial charge in [0.15, 0.2) is 5.11 Å². The Morgan fingerprint density at radius 1 is 1.16 bits per heavy atom. The molecule has 8 heteroatoms. The summed E-state index contributed by atoms with van der Waals surface area (Å²) in [5.41, 5.74) is 1.38. The topological polar surface area (TPSA) is 53.1 Å². The molecule has 0 spiro atoms. The summed E-state index contributed by atoms with van der Waals surface area (Å²) in [5.74, 6) is 1.94. The molecule has 1 atom stereocenters. The van der Waals surface area contributed by atoms with Crippen LogP contribution in [0, 0.1) is 5.92 Å². The Labute approximate surface area is 199 Å². The molecular weight excluding hydrogens is 449 g/mol. The first-order valence-electron chi connectivity index (χ1n) is 11.0. The van der Waals surface area contributed by atoms with Gasteiger partial charge in [0.05, 0.1) is 0 Å². The molecule has 4 rings (SSSR count). The van der Waals surface area contributed by atoms with Crippen LogP contribution in [0.3, 0.4) is 0 Å². The molecule has 166 valence electrons. The summed E-state index contributed by atoms with van der Waals surface area (Å²) < 4.78 is 0. The van der Waals surface area contributed by atoms with Gasteiger partial charge in [-0.15, -0.1) is 0 Å². The number of hydrogen-bond acceptors (Lipinski definition) is 4. The SMILES string of the molecule is C[C@@H]1CCCN(c2cc(Cl)nc(NC(=S)NCC3(c4ccc(Cl)cc4)CCCC3)n2)C1. The predicted octanol–water partition coefficient (Wildman–Crippen LogP) is 5.82. The van der Waals surface area contributed by atoms with Crippen molar-refractivity contribution in [3.8, 4) is 0 Å². The zero-order chi connectivity index (χ0) is 21.8. The van der Waals surface area contributed by atoms with E-state index in [0.29, 0.717) is 22.1 Å². The van der Waals surface area contributed by atoms with Crippen LogP contribution in [0.2, 0.25) is 10.2 Å². The molecule has 0 radical (unpaired) electrons. The third-order valence-corrected chi connectivity index (χ3v) is 7.18. The number of aromatic nitrogens is 2. The van der Waals surface area contributed by atoms with Crippen molar-refractivity contribution in [2.24, 2.45) is 5.92 Å². The van der Waals surface area contributed by atoms with Crippen LogP contribution >= 0.6 is 35.4 Å². The van der Waals surface area contributed by atoms with Gasteiger partial charge in [-0.25, -0.2) is 4.98 Å². The molecule has 1 aliphatic carbocycles. The first kappa shape index (κ1) is 22.6. The van der Waals surface area contributed by atoms with Gasteiger partial charge >= 0.3 is 0 Å². The van der Waals surface area contributed by atoms with E-state index in [2.05, 4.69) is 44.6 Å². The van der Waals surface area contributed by atoms with Gasteiger partial charge < -0.3 is 15.5 Å². The highest BCUT2D eigenvalue weighted by Gasteiger charge is 2.35. The monoisotopic (exact) mass is 477 g/mol. The molecule has 2 N–H and O–H groups in total. The Balaban J connectivity index is 1.42. The third-order valence-electron chi connectivity index (χ3n) is 6.49. The molecule has 0 amide bonds. The zero-order valence-electron chi connectivity index (χ0n) is 17.8. The standard InChI is InChI=1S/C23H29Cl2N5S/c1-16-5-4-12-30(14-16)20-13-19(25)27-21(28-20)29-22(31)26-15-23(10-2-3-11-23)17-6-8-18(24)9-7-17/h6-9,13,16H,2-5,10-12,14-15H2,1H3,(H2,26,27,28,29,31)/t16-/m1/s1. The molecule has 2 fully saturated rings. The van der Waals surface area contributed by atoms with Crippen LogP contribution < -0.4 is 15.5 Å². The Hall–Kier alpha value is -1.63. The van der Waals surface area contributed by atoms with E-state index in [1.54, 1.807) is 0 Å². The van der Waals surface area contributed by atoms with Crippen molar-refractivity contribution in [1.29, 1.82) is 0 Å². The van der Waals surface area contributed by atoms with E-state index in [-0.39, 0.29) is 5.41 Å². The fourth-order valence-electron chi connectivity index (χ4n) is 4.84. The largest absolute Gasteiger partial charge is 0.361 e. The molecule has 0 unspecified atom stereocenters. The molecule has 2 aliphatic rings. The molecule has 1 aromatic carbocycles. The van der Waals surface area contributed by atoms with Gasteiger partial charge in [-0.1, -0.05) is 55.1 Å². The van der Waals surface area contributed by atoms with E-state index >= 15 is 0 Å². The minimum absolute atomic E-state index is 0.0701. The van der Waals surface area contributed by atoms with Crippen LogP contribution in [0.5, 0.6) is 0 Å². The van der Waals surface area contributed by atoms with Gasteiger partial charge in [0, 0.05) is 36.1 Å². The quantitative estimate of drug-likeness (QED) is 0.417. The van der Waals surface area contributed by atoms with Crippen molar-refractivity contribution in [1.82, 2.24) is 15.3 Å². The fourth-order valence-corrected chi connectivity index (χ4v) is 5.31. The molecule has 1 saturated heterocycles. The number of benzene rings is 1. The molecule has 2 heterocycles.